The normalized spacial score (nSPS) is 14.7. The van der Waals surface area contributed by atoms with Crippen LogP contribution < -0.4 is 21.7 Å². The maximum atomic E-state index is 13.6. The number of aromatic nitrogens is 1. The fourth-order valence-corrected chi connectivity index (χ4v) is 5.10. The summed E-state index contributed by atoms with van der Waals surface area (Å²) < 4.78 is 0. The highest BCUT2D eigenvalue weighted by molar-refractivity contribution is 7.98. The lowest BCUT2D eigenvalue weighted by Crippen LogP contribution is -2.58. The van der Waals surface area contributed by atoms with Crippen LogP contribution in [0.15, 0.2) is 54.7 Å². The first-order chi connectivity index (χ1) is 20.5. The number of thioether (sulfide) groups is 1. The Bertz CT molecular complexity index is 1390. The van der Waals surface area contributed by atoms with Crippen molar-refractivity contribution in [2.24, 2.45) is 11.7 Å². The third kappa shape index (κ3) is 9.48. The van der Waals surface area contributed by atoms with Gasteiger partial charge in [0.15, 0.2) is 0 Å². The maximum Gasteiger partial charge on any atom is 0.326 e. The number of carbonyl (C=O) groups excluding carboxylic acids is 3. The van der Waals surface area contributed by atoms with Crippen LogP contribution in [0, 0.1) is 5.92 Å². The van der Waals surface area contributed by atoms with E-state index >= 15 is 0 Å². The highest BCUT2D eigenvalue weighted by Crippen LogP contribution is 2.20. The van der Waals surface area contributed by atoms with E-state index in [1.54, 1.807) is 18.3 Å². The molecule has 43 heavy (non-hydrogen) atoms. The van der Waals surface area contributed by atoms with Gasteiger partial charge in [0.2, 0.25) is 17.7 Å². The summed E-state index contributed by atoms with van der Waals surface area (Å²) in [7, 11) is 0. The van der Waals surface area contributed by atoms with E-state index < -0.39 is 47.9 Å². The number of aromatic hydroxyl groups is 1. The second-order valence-corrected chi connectivity index (χ2v) is 11.6. The van der Waals surface area contributed by atoms with Gasteiger partial charge in [-0.2, -0.15) is 11.8 Å². The second kappa shape index (κ2) is 16.0. The third-order valence-corrected chi connectivity index (χ3v) is 8.17. The van der Waals surface area contributed by atoms with Crippen molar-refractivity contribution in [3.63, 3.8) is 0 Å². The Labute approximate surface area is 255 Å². The van der Waals surface area contributed by atoms with E-state index in [-0.39, 0.29) is 24.5 Å². The summed E-state index contributed by atoms with van der Waals surface area (Å²) in [6.07, 6.45) is 4.68. The molecule has 1 aromatic heterocycles. The van der Waals surface area contributed by atoms with Gasteiger partial charge in [0, 0.05) is 29.9 Å². The summed E-state index contributed by atoms with van der Waals surface area (Å²) in [6.45, 7) is 3.79. The van der Waals surface area contributed by atoms with Gasteiger partial charge in [0.05, 0.1) is 6.04 Å². The van der Waals surface area contributed by atoms with Gasteiger partial charge >= 0.3 is 5.97 Å². The van der Waals surface area contributed by atoms with Gasteiger partial charge in [-0.25, -0.2) is 4.79 Å². The molecular formula is C31H41N5O6S. The van der Waals surface area contributed by atoms with Gasteiger partial charge in [-0.1, -0.05) is 50.6 Å². The number of rotatable bonds is 16. The molecule has 11 nitrogen and oxygen atoms in total. The van der Waals surface area contributed by atoms with E-state index in [1.807, 2.05) is 44.4 Å². The first-order valence-electron chi connectivity index (χ1n) is 14.2. The lowest BCUT2D eigenvalue weighted by molar-refractivity contribution is -0.142. The lowest BCUT2D eigenvalue weighted by Gasteiger charge is -2.26. The number of carbonyl (C=O) groups is 4. The molecule has 0 saturated heterocycles. The van der Waals surface area contributed by atoms with Gasteiger partial charge in [0.25, 0.3) is 0 Å². The molecule has 0 spiro atoms. The van der Waals surface area contributed by atoms with Crippen LogP contribution in [0.2, 0.25) is 0 Å². The molecular weight excluding hydrogens is 570 g/mol. The molecule has 0 aliphatic rings. The number of nitrogens with two attached hydrogens (primary N) is 1. The van der Waals surface area contributed by atoms with Crippen LogP contribution in [0.1, 0.15) is 37.8 Å². The van der Waals surface area contributed by atoms with Crippen molar-refractivity contribution in [2.45, 2.75) is 63.7 Å². The zero-order valence-corrected chi connectivity index (χ0v) is 25.4. The van der Waals surface area contributed by atoms with E-state index in [9.17, 15) is 29.4 Å². The summed E-state index contributed by atoms with van der Waals surface area (Å²) >= 11 is 1.51. The number of H-pyrrole nitrogens is 1. The molecule has 3 aromatic rings. The molecule has 8 N–H and O–H groups in total. The van der Waals surface area contributed by atoms with E-state index in [0.717, 1.165) is 16.5 Å². The minimum atomic E-state index is -1.29. The van der Waals surface area contributed by atoms with Crippen LogP contribution in [0.5, 0.6) is 5.75 Å². The third-order valence-electron chi connectivity index (χ3n) is 7.53. The zero-order chi connectivity index (χ0) is 31.5. The van der Waals surface area contributed by atoms with Crippen LogP contribution in [0.4, 0.5) is 0 Å². The number of fused-ring (bicyclic) bond motifs is 1. The van der Waals surface area contributed by atoms with E-state index in [4.69, 9.17) is 5.73 Å². The number of amides is 3. The molecule has 5 atom stereocenters. The Morgan fingerprint density at radius 3 is 2.19 bits per heavy atom. The van der Waals surface area contributed by atoms with Crippen LogP contribution in [0.3, 0.4) is 0 Å². The highest BCUT2D eigenvalue weighted by Gasteiger charge is 2.31. The molecule has 0 bridgehead atoms. The Kier molecular flexibility index (Phi) is 12.4. The van der Waals surface area contributed by atoms with Gasteiger partial charge < -0.3 is 36.9 Å². The van der Waals surface area contributed by atoms with Crippen molar-refractivity contribution in [3.05, 3.63) is 65.9 Å². The molecule has 1 heterocycles. The smallest absolute Gasteiger partial charge is 0.326 e. The van der Waals surface area contributed by atoms with Gasteiger partial charge in [-0.05, 0) is 53.7 Å². The summed E-state index contributed by atoms with van der Waals surface area (Å²) in [5, 5.41) is 28.4. The average Bonchev–Trinajstić information content (AvgIpc) is 3.41. The Morgan fingerprint density at radius 1 is 0.907 bits per heavy atom. The minimum Gasteiger partial charge on any atom is -0.508 e. The zero-order valence-electron chi connectivity index (χ0n) is 24.6. The molecule has 2 aromatic carbocycles. The summed E-state index contributed by atoms with van der Waals surface area (Å²) in [4.78, 5) is 55.4. The molecule has 3 rings (SSSR count). The number of hydrogen-bond acceptors (Lipinski definition) is 7. The van der Waals surface area contributed by atoms with E-state index in [1.165, 1.54) is 23.9 Å². The number of hydrogen-bond donors (Lipinski definition) is 7. The van der Waals surface area contributed by atoms with Crippen molar-refractivity contribution in [2.75, 3.05) is 12.0 Å². The van der Waals surface area contributed by atoms with Crippen molar-refractivity contribution in [1.82, 2.24) is 20.9 Å². The number of nitrogens with one attached hydrogen (secondary N) is 4. The summed E-state index contributed by atoms with van der Waals surface area (Å²) in [5.74, 6) is -2.43. The van der Waals surface area contributed by atoms with Crippen LogP contribution in [-0.4, -0.2) is 75.1 Å². The topological polar surface area (TPSA) is 187 Å². The summed E-state index contributed by atoms with van der Waals surface area (Å²) in [5.41, 5.74) is 8.31. The molecule has 232 valence electrons. The Hall–Kier alpha value is -4.03. The average molecular weight is 612 g/mol. The standard InChI is InChI=1S/C31H41N5O6S/c1-4-18(2)27(32)30(40)34-24(13-14-43-3)28(38)35-25(16-20-17-33-23-8-6-5-7-22(20)23)29(39)36-26(31(41)42)15-19-9-11-21(37)12-10-19/h5-12,17-18,24-27,33,37H,4,13-16,32H2,1-3H3,(H,34,40)(H,35,38)(H,36,39)(H,41,42). The van der Waals surface area contributed by atoms with Crippen molar-refractivity contribution >= 4 is 46.4 Å². The quantitative estimate of drug-likeness (QED) is 0.129. The molecule has 0 aliphatic heterocycles. The Morgan fingerprint density at radius 2 is 1.53 bits per heavy atom. The fourth-order valence-electron chi connectivity index (χ4n) is 4.63. The molecule has 0 radical (unpaired) electrons. The minimum absolute atomic E-state index is 0.0327. The molecule has 5 unspecified atom stereocenters. The van der Waals surface area contributed by atoms with E-state index in [2.05, 4.69) is 20.9 Å². The monoisotopic (exact) mass is 611 g/mol. The number of carboxylic acids is 1. The number of phenolic OH excluding ortho intramolecular Hbond substituents is 1. The number of phenols is 1. The van der Waals surface area contributed by atoms with Crippen molar-refractivity contribution in [3.8, 4) is 5.75 Å². The Balaban J connectivity index is 1.86. The van der Waals surface area contributed by atoms with Crippen LogP contribution >= 0.6 is 11.8 Å². The van der Waals surface area contributed by atoms with Gasteiger partial charge in [0.1, 0.15) is 23.9 Å². The molecule has 0 saturated carbocycles. The highest BCUT2D eigenvalue weighted by atomic mass is 32.2. The number of aromatic amines is 1. The van der Waals surface area contributed by atoms with Crippen LogP contribution in [-0.2, 0) is 32.0 Å². The maximum absolute atomic E-state index is 13.6. The number of carboxylic acid groups (broad SMARTS) is 1. The van der Waals surface area contributed by atoms with Gasteiger partial charge in [-0.15, -0.1) is 0 Å². The molecule has 12 heteroatoms. The fraction of sp³-hybridized carbons (Fsp3) is 0.419. The number of benzene rings is 2. The molecule has 3 amide bonds. The summed E-state index contributed by atoms with van der Waals surface area (Å²) in [6, 6.07) is 9.36. The van der Waals surface area contributed by atoms with Gasteiger partial charge in [-0.3, -0.25) is 14.4 Å². The van der Waals surface area contributed by atoms with Crippen molar-refractivity contribution < 1.29 is 29.4 Å². The predicted octanol–water partition coefficient (Wildman–Crippen LogP) is 2.32. The van der Waals surface area contributed by atoms with E-state index in [0.29, 0.717) is 24.2 Å². The SMILES string of the molecule is CCC(C)C(N)C(=O)NC(CCSC)C(=O)NC(Cc1c[nH]c2ccccc12)C(=O)NC(Cc1ccc(O)cc1)C(=O)O. The predicted molar refractivity (Wildman–Crippen MR) is 168 cm³/mol. The second-order valence-electron chi connectivity index (χ2n) is 10.6. The first-order valence-corrected chi connectivity index (χ1v) is 15.6. The first kappa shape index (κ1) is 33.5. The molecule has 0 fully saturated rings. The number of aliphatic carboxylic acids is 1. The number of para-hydroxylation sites is 1. The van der Waals surface area contributed by atoms with Crippen molar-refractivity contribution in [1.29, 1.82) is 0 Å². The van der Waals surface area contributed by atoms with Crippen LogP contribution in [0.25, 0.3) is 10.9 Å². The lowest BCUT2D eigenvalue weighted by atomic mass is 9.98. The molecule has 0 aliphatic carbocycles. The largest absolute Gasteiger partial charge is 0.508 e.